The van der Waals surface area contributed by atoms with E-state index in [0.29, 0.717) is 12.8 Å². The molecule has 1 amide bonds. The minimum absolute atomic E-state index is 0.169. The maximum absolute atomic E-state index is 12.3. The molecule has 0 unspecified atom stereocenters. The van der Waals surface area contributed by atoms with E-state index in [1.807, 2.05) is 0 Å². The monoisotopic (exact) mass is 298 g/mol. The number of nitrogens with zero attached hydrogens (tertiary/aromatic N) is 2. The number of amides is 1. The summed E-state index contributed by atoms with van der Waals surface area (Å²) >= 11 is 5.76. The van der Waals surface area contributed by atoms with E-state index in [2.05, 4.69) is 0 Å². The van der Waals surface area contributed by atoms with Gasteiger partial charge in [0.15, 0.2) is 0 Å². The number of carboxylic acids is 1. The Labute approximate surface area is 118 Å². The fraction of sp³-hybridized carbons (Fsp3) is 0.333. The van der Waals surface area contributed by atoms with E-state index in [1.165, 1.54) is 12.1 Å². The number of rotatable bonds is 5. The molecule has 1 aromatic rings. The van der Waals surface area contributed by atoms with Crippen LogP contribution in [0.2, 0.25) is 5.02 Å². The molecule has 0 radical (unpaired) electrons. The van der Waals surface area contributed by atoms with Crippen molar-refractivity contribution in [1.82, 2.24) is 4.90 Å². The van der Waals surface area contributed by atoms with Crippen LogP contribution in [0.15, 0.2) is 18.2 Å². The van der Waals surface area contributed by atoms with Gasteiger partial charge >= 0.3 is 5.97 Å². The van der Waals surface area contributed by atoms with Gasteiger partial charge < -0.3 is 10.0 Å². The predicted molar refractivity (Wildman–Crippen MR) is 69.8 cm³/mol. The highest BCUT2D eigenvalue weighted by atomic mass is 35.5. The Morgan fingerprint density at radius 2 is 2.10 bits per heavy atom. The third-order valence-corrected chi connectivity index (χ3v) is 3.17. The summed E-state index contributed by atoms with van der Waals surface area (Å²) in [4.78, 5) is 34.5. The lowest BCUT2D eigenvalue weighted by molar-refractivity contribution is -0.385. The lowest BCUT2D eigenvalue weighted by Gasteiger charge is -2.20. The Kier molecular flexibility index (Phi) is 3.89. The van der Waals surface area contributed by atoms with Gasteiger partial charge in [-0.1, -0.05) is 11.6 Å². The molecular weight excluding hydrogens is 288 g/mol. The first-order chi connectivity index (χ1) is 9.40. The van der Waals surface area contributed by atoms with E-state index in [0.717, 1.165) is 11.0 Å². The van der Waals surface area contributed by atoms with E-state index in [4.69, 9.17) is 16.7 Å². The van der Waals surface area contributed by atoms with Crippen molar-refractivity contribution in [3.05, 3.63) is 38.9 Å². The van der Waals surface area contributed by atoms with Crippen LogP contribution in [-0.4, -0.2) is 39.4 Å². The zero-order valence-corrected chi connectivity index (χ0v) is 11.0. The second kappa shape index (κ2) is 5.46. The number of carbonyl (C=O) groups is 2. The van der Waals surface area contributed by atoms with Gasteiger partial charge in [-0.2, -0.15) is 0 Å². The molecule has 0 saturated heterocycles. The third kappa shape index (κ3) is 3.05. The van der Waals surface area contributed by atoms with Crippen molar-refractivity contribution in [2.24, 2.45) is 0 Å². The van der Waals surface area contributed by atoms with Crippen molar-refractivity contribution in [1.29, 1.82) is 0 Å². The molecule has 0 atom stereocenters. The summed E-state index contributed by atoms with van der Waals surface area (Å²) < 4.78 is 0. The highest BCUT2D eigenvalue weighted by molar-refractivity contribution is 6.31. The van der Waals surface area contributed by atoms with Crippen LogP contribution in [0.25, 0.3) is 0 Å². The fourth-order valence-corrected chi connectivity index (χ4v) is 2.06. The number of aliphatic carboxylic acids is 1. The Morgan fingerprint density at radius 3 is 2.60 bits per heavy atom. The Morgan fingerprint density at radius 1 is 1.45 bits per heavy atom. The summed E-state index contributed by atoms with van der Waals surface area (Å²) in [6, 6.07) is 3.48. The molecule has 7 nitrogen and oxygen atoms in total. The second-order valence-corrected chi connectivity index (χ2v) is 4.91. The second-order valence-electron chi connectivity index (χ2n) is 4.48. The summed E-state index contributed by atoms with van der Waals surface area (Å²) in [7, 11) is 0. The van der Waals surface area contributed by atoms with Crippen LogP contribution in [0.3, 0.4) is 0 Å². The summed E-state index contributed by atoms with van der Waals surface area (Å²) in [6.45, 7) is -0.479. The Bertz CT molecular complexity index is 585. The van der Waals surface area contributed by atoms with Crippen molar-refractivity contribution in [2.75, 3.05) is 6.54 Å². The van der Waals surface area contributed by atoms with Crippen LogP contribution in [0.1, 0.15) is 23.2 Å². The van der Waals surface area contributed by atoms with Gasteiger partial charge in [-0.05, 0) is 25.0 Å². The fourth-order valence-electron chi connectivity index (χ4n) is 1.89. The van der Waals surface area contributed by atoms with E-state index in [9.17, 15) is 19.7 Å². The lowest BCUT2D eigenvalue weighted by Crippen LogP contribution is -2.37. The molecule has 0 aromatic heterocycles. The number of nitro groups is 1. The molecule has 8 heteroatoms. The molecule has 1 fully saturated rings. The van der Waals surface area contributed by atoms with Crippen LogP contribution in [0.5, 0.6) is 0 Å². The van der Waals surface area contributed by atoms with E-state index < -0.39 is 23.3 Å². The molecule has 1 saturated carbocycles. The van der Waals surface area contributed by atoms with Gasteiger partial charge in [0.1, 0.15) is 12.1 Å². The molecule has 1 N–H and O–H groups in total. The molecule has 0 spiro atoms. The van der Waals surface area contributed by atoms with Crippen molar-refractivity contribution in [3.63, 3.8) is 0 Å². The molecule has 1 aliphatic rings. The highest BCUT2D eigenvalue weighted by Crippen LogP contribution is 2.31. The summed E-state index contributed by atoms with van der Waals surface area (Å²) in [5.41, 5.74) is -0.564. The zero-order chi connectivity index (χ0) is 14.9. The van der Waals surface area contributed by atoms with Gasteiger partial charge in [0.05, 0.1) is 4.92 Å². The molecular formula is C12H11ClN2O5. The molecule has 1 aliphatic carbocycles. The molecule has 1 aromatic carbocycles. The maximum atomic E-state index is 12.3. The standard InChI is InChI=1S/C12H11ClN2O5/c13-7-1-4-10(15(19)20)9(5-7)12(18)14(6-11(16)17)8-2-3-8/h1,4-5,8H,2-3,6H2,(H,16,17). The molecule has 2 rings (SSSR count). The van der Waals surface area contributed by atoms with Crippen molar-refractivity contribution in [3.8, 4) is 0 Å². The van der Waals surface area contributed by atoms with Crippen molar-refractivity contribution >= 4 is 29.2 Å². The number of nitro benzene ring substituents is 1. The quantitative estimate of drug-likeness (QED) is 0.661. The number of carboxylic acid groups (broad SMARTS) is 1. The minimum Gasteiger partial charge on any atom is -0.480 e. The molecule has 0 bridgehead atoms. The molecule has 0 heterocycles. The number of hydrogen-bond acceptors (Lipinski definition) is 4. The van der Waals surface area contributed by atoms with Gasteiger partial charge in [-0.3, -0.25) is 19.7 Å². The van der Waals surface area contributed by atoms with Crippen LogP contribution in [-0.2, 0) is 4.79 Å². The predicted octanol–water partition coefficient (Wildman–Crippen LogP) is 1.94. The van der Waals surface area contributed by atoms with Gasteiger partial charge in [-0.25, -0.2) is 0 Å². The summed E-state index contributed by atoms with van der Waals surface area (Å²) in [5.74, 6) is -1.83. The largest absolute Gasteiger partial charge is 0.480 e. The van der Waals surface area contributed by atoms with Crippen LogP contribution >= 0.6 is 11.6 Å². The zero-order valence-electron chi connectivity index (χ0n) is 10.3. The lowest BCUT2D eigenvalue weighted by atomic mass is 10.1. The molecule has 106 valence electrons. The van der Waals surface area contributed by atoms with Crippen LogP contribution in [0.4, 0.5) is 5.69 Å². The minimum atomic E-state index is -1.16. The number of hydrogen-bond donors (Lipinski definition) is 1. The van der Waals surface area contributed by atoms with Gasteiger partial charge in [-0.15, -0.1) is 0 Å². The van der Waals surface area contributed by atoms with Crippen molar-refractivity contribution in [2.45, 2.75) is 18.9 Å². The maximum Gasteiger partial charge on any atom is 0.323 e. The Balaban J connectivity index is 2.37. The van der Waals surface area contributed by atoms with Gasteiger partial charge in [0.2, 0.25) is 0 Å². The first-order valence-corrected chi connectivity index (χ1v) is 6.24. The van der Waals surface area contributed by atoms with Crippen LogP contribution in [0, 0.1) is 10.1 Å². The number of halogens is 1. The normalized spacial score (nSPS) is 13.8. The molecule has 20 heavy (non-hydrogen) atoms. The third-order valence-electron chi connectivity index (χ3n) is 2.94. The number of benzene rings is 1. The van der Waals surface area contributed by atoms with Crippen molar-refractivity contribution < 1.29 is 19.6 Å². The first kappa shape index (κ1) is 14.3. The van der Waals surface area contributed by atoms with Gasteiger partial charge in [0.25, 0.3) is 11.6 Å². The van der Waals surface area contributed by atoms with Crippen LogP contribution < -0.4 is 0 Å². The first-order valence-electron chi connectivity index (χ1n) is 5.87. The topological polar surface area (TPSA) is 101 Å². The average Bonchev–Trinajstić information content (AvgIpc) is 3.18. The molecule has 0 aliphatic heterocycles. The average molecular weight is 299 g/mol. The van der Waals surface area contributed by atoms with E-state index >= 15 is 0 Å². The number of carbonyl (C=O) groups excluding carboxylic acids is 1. The Hall–Kier alpha value is -2.15. The van der Waals surface area contributed by atoms with E-state index in [1.54, 1.807) is 0 Å². The summed E-state index contributed by atoms with van der Waals surface area (Å²) in [5, 5.41) is 20.0. The van der Waals surface area contributed by atoms with E-state index in [-0.39, 0.29) is 22.3 Å². The van der Waals surface area contributed by atoms with Gasteiger partial charge in [0, 0.05) is 17.1 Å². The summed E-state index contributed by atoms with van der Waals surface area (Å²) in [6.07, 6.45) is 1.40. The smallest absolute Gasteiger partial charge is 0.323 e. The SMILES string of the molecule is O=C(O)CN(C(=O)c1cc(Cl)ccc1[N+](=O)[O-])C1CC1. The highest BCUT2D eigenvalue weighted by Gasteiger charge is 2.36.